The molecule has 0 bridgehead atoms. The van der Waals surface area contributed by atoms with E-state index in [0.29, 0.717) is 31.8 Å². The van der Waals surface area contributed by atoms with Crippen LogP contribution in [0.1, 0.15) is 18.5 Å². The van der Waals surface area contributed by atoms with E-state index in [-0.39, 0.29) is 6.10 Å². The van der Waals surface area contributed by atoms with Gasteiger partial charge < -0.3 is 4.74 Å². The van der Waals surface area contributed by atoms with E-state index >= 15 is 0 Å². The number of halogens is 3. The van der Waals surface area contributed by atoms with E-state index in [1.165, 1.54) is 11.1 Å². The monoisotopic (exact) mass is 275 g/mol. The molecule has 0 unspecified atom stereocenters. The predicted octanol–water partition coefficient (Wildman–Crippen LogP) is 2.19. The summed E-state index contributed by atoms with van der Waals surface area (Å²) in [6.07, 6.45) is 0.0849. The number of aryl methyl sites for hydroxylation is 1. The van der Waals surface area contributed by atoms with Crippen LogP contribution in [-0.4, -0.2) is 46.8 Å². The molecule has 0 aromatic carbocycles. The molecule has 7 heteroatoms. The largest absolute Gasteiger partial charge is 0.473 e. The number of alkyl halides is 3. The van der Waals surface area contributed by atoms with Crippen LogP contribution in [0.5, 0.6) is 5.88 Å². The van der Waals surface area contributed by atoms with Gasteiger partial charge in [0.1, 0.15) is 6.10 Å². The maximum absolute atomic E-state index is 12.2. The highest BCUT2D eigenvalue weighted by molar-refractivity contribution is 5.07. The van der Waals surface area contributed by atoms with Crippen LogP contribution in [0.3, 0.4) is 0 Å². The fraction of sp³-hybridized carbons (Fsp3) is 0.667. The number of hydrogen-bond donors (Lipinski definition) is 0. The van der Waals surface area contributed by atoms with Crippen LogP contribution in [0.15, 0.2) is 12.4 Å². The molecule has 0 aliphatic carbocycles. The van der Waals surface area contributed by atoms with Gasteiger partial charge >= 0.3 is 6.18 Å². The van der Waals surface area contributed by atoms with Gasteiger partial charge in [0.15, 0.2) is 0 Å². The Morgan fingerprint density at radius 3 is 2.58 bits per heavy atom. The number of piperidine rings is 1. The second-order valence-electron chi connectivity index (χ2n) is 4.71. The molecule has 1 aromatic heterocycles. The standard InChI is InChI=1S/C12H16F3N3O/c1-9-6-16-7-11(17-9)19-10-2-4-18(5-3-10)8-12(13,14)15/h6-7,10H,2-5,8H2,1H3. The summed E-state index contributed by atoms with van der Waals surface area (Å²) in [5, 5.41) is 0. The van der Waals surface area contributed by atoms with Gasteiger partial charge in [0.05, 0.1) is 18.4 Å². The van der Waals surface area contributed by atoms with Crippen molar-refractivity contribution in [1.82, 2.24) is 14.9 Å². The fourth-order valence-electron chi connectivity index (χ4n) is 2.11. The normalized spacial score (nSPS) is 18.5. The number of aromatic nitrogens is 2. The summed E-state index contributed by atoms with van der Waals surface area (Å²) in [6, 6.07) is 0. The van der Waals surface area contributed by atoms with Gasteiger partial charge in [-0.1, -0.05) is 0 Å². The van der Waals surface area contributed by atoms with E-state index in [1.807, 2.05) is 6.92 Å². The van der Waals surface area contributed by atoms with Gasteiger partial charge in [-0.2, -0.15) is 13.2 Å². The molecule has 0 amide bonds. The summed E-state index contributed by atoms with van der Waals surface area (Å²) in [5.74, 6) is 0.439. The van der Waals surface area contributed by atoms with Gasteiger partial charge in [-0.3, -0.25) is 9.88 Å². The highest BCUT2D eigenvalue weighted by atomic mass is 19.4. The summed E-state index contributed by atoms with van der Waals surface area (Å²) < 4.78 is 42.3. The van der Waals surface area contributed by atoms with E-state index < -0.39 is 12.7 Å². The van der Waals surface area contributed by atoms with Crippen molar-refractivity contribution < 1.29 is 17.9 Å². The number of nitrogens with zero attached hydrogens (tertiary/aromatic N) is 3. The molecule has 1 aliphatic heterocycles. The van der Waals surface area contributed by atoms with Gasteiger partial charge in [-0.15, -0.1) is 0 Å². The smallest absolute Gasteiger partial charge is 0.401 e. The maximum Gasteiger partial charge on any atom is 0.401 e. The van der Waals surface area contributed by atoms with Gasteiger partial charge in [0.25, 0.3) is 0 Å². The van der Waals surface area contributed by atoms with Crippen molar-refractivity contribution in [2.24, 2.45) is 0 Å². The van der Waals surface area contributed by atoms with Crippen LogP contribution in [0.4, 0.5) is 13.2 Å². The summed E-state index contributed by atoms with van der Waals surface area (Å²) in [6.45, 7) is 1.75. The van der Waals surface area contributed by atoms with Crippen LogP contribution in [-0.2, 0) is 0 Å². The number of hydrogen-bond acceptors (Lipinski definition) is 4. The van der Waals surface area contributed by atoms with Crippen LogP contribution in [0.25, 0.3) is 0 Å². The van der Waals surface area contributed by atoms with Gasteiger partial charge in [0.2, 0.25) is 5.88 Å². The Labute approximate surface area is 109 Å². The van der Waals surface area contributed by atoms with Crippen LogP contribution < -0.4 is 4.74 Å². The van der Waals surface area contributed by atoms with Crippen molar-refractivity contribution in [3.05, 3.63) is 18.1 Å². The van der Waals surface area contributed by atoms with Crippen molar-refractivity contribution in [1.29, 1.82) is 0 Å². The van der Waals surface area contributed by atoms with E-state index in [2.05, 4.69) is 9.97 Å². The van der Waals surface area contributed by atoms with Crippen molar-refractivity contribution in [3.63, 3.8) is 0 Å². The Morgan fingerprint density at radius 1 is 1.32 bits per heavy atom. The number of rotatable bonds is 3. The third kappa shape index (κ3) is 4.66. The Morgan fingerprint density at radius 2 is 2.00 bits per heavy atom. The first-order valence-electron chi connectivity index (χ1n) is 6.17. The summed E-state index contributed by atoms with van der Waals surface area (Å²) in [5.41, 5.74) is 0.756. The average molecular weight is 275 g/mol. The highest BCUT2D eigenvalue weighted by Gasteiger charge is 2.32. The molecule has 2 rings (SSSR count). The second-order valence-corrected chi connectivity index (χ2v) is 4.71. The van der Waals surface area contributed by atoms with E-state index in [1.54, 1.807) is 6.20 Å². The highest BCUT2D eigenvalue weighted by Crippen LogP contribution is 2.21. The molecule has 0 saturated carbocycles. The summed E-state index contributed by atoms with van der Waals surface area (Å²) >= 11 is 0. The molecule has 1 saturated heterocycles. The van der Waals surface area contributed by atoms with Gasteiger partial charge in [-0.25, -0.2) is 4.98 Å². The first-order chi connectivity index (χ1) is 8.92. The lowest BCUT2D eigenvalue weighted by Crippen LogP contribution is -2.42. The zero-order valence-electron chi connectivity index (χ0n) is 10.7. The Kier molecular flexibility index (Phi) is 4.24. The lowest BCUT2D eigenvalue weighted by Gasteiger charge is -2.32. The van der Waals surface area contributed by atoms with Gasteiger partial charge in [-0.05, 0) is 19.8 Å². The van der Waals surface area contributed by atoms with Crippen molar-refractivity contribution in [2.75, 3.05) is 19.6 Å². The molecule has 2 heterocycles. The zero-order valence-corrected chi connectivity index (χ0v) is 10.7. The predicted molar refractivity (Wildman–Crippen MR) is 62.9 cm³/mol. The van der Waals surface area contributed by atoms with E-state index in [4.69, 9.17) is 4.74 Å². The minimum atomic E-state index is -4.13. The second kappa shape index (κ2) is 5.73. The molecular formula is C12H16F3N3O. The van der Waals surface area contributed by atoms with Crippen molar-refractivity contribution in [2.45, 2.75) is 32.0 Å². The minimum absolute atomic E-state index is 0.0828. The first-order valence-corrected chi connectivity index (χ1v) is 6.17. The van der Waals surface area contributed by atoms with Crippen LogP contribution >= 0.6 is 0 Å². The molecule has 0 atom stereocenters. The van der Waals surface area contributed by atoms with Crippen LogP contribution in [0.2, 0.25) is 0 Å². The first kappa shape index (κ1) is 14.0. The third-order valence-electron chi connectivity index (χ3n) is 2.96. The molecule has 106 valence electrons. The van der Waals surface area contributed by atoms with Crippen molar-refractivity contribution >= 4 is 0 Å². The lowest BCUT2D eigenvalue weighted by atomic mass is 10.1. The molecule has 19 heavy (non-hydrogen) atoms. The molecular weight excluding hydrogens is 259 g/mol. The fourth-order valence-corrected chi connectivity index (χ4v) is 2.11. The molecule has 0 radical (unpaired) electrons. The summed E-state index contributed by atoms with van der Waals surface area (Å²) in [4.78, 5) is 9.54. The number of ether oxygens (including phenoxy) is 1. The maximum atomic E-state index is 12.2. The third-order valence-corrected chi connectivity index (χ3v) is 2.96. The topological polar surface area (TPSA) is 38.2 Å². The van der Waals surface area contributed by atoms with E-state index in [9.17, 15) is 13.2 Å². The van der Waals surface area contributed by atoms with Gasteiger partial charge in [0, 0.05) is 19.3 Å². The van der Waals surface area contributed by atoms with Crippen molar-refractivity contribution in [3.8, 4) is 5.88 Å². The Bertz CT molecular complexity index is 417. The summed E-state index contributed by atoms with van der Waals surface area (Å²) in [7, 11) is 0. The Hall–Kier alpha value is -1.37. The molecule has 4 nitrogen and oxygen atoms in total. The minimum Gasteiger partial charge on any atom is -0.473 e. The Balaban J connectivity index is 1.80. The zero-order chi connectivity index (χ0) is 13.9. The quantitative estimate of drug-likeness (QED) is 0.847. The molecule has 1 aliphatic rings. The van der Waals surface area contributed by atoms with E-state index in [0.717, 1.165) is 5.69 Å². The lowest BCUT2D eigenvalue weighted by molar-refractivity contribution is -0.149. The molecule has 1 aromatic rings. The molecule has 1 fully saturated rings. The molecule has 0 spiro atoms. The number of likely N-dealkylation sites (tertiary alicyclic amines) is 1. The SMILES string of the molecule is Cc1cncc(OC2CCN(CC(F)(F)F)CC2)n1. The molecule has 0 N–H and O–H groups in total. The van der Waals surface area contributed by atoms with Crippen LogP contribution in [0, 0.1) is 6.92 Å². The average Bonchev–Trinajstić information content (AvgIpc) is 2.30.